The van der Waals surface area contributed by atoms with Gasteiger partial charge in [0.05, 0.1) is 12.5 Å². The predicted octanol–water partition coefficient (Wildman–Crippen LogP) is 1.91. The summed E-state index contributed by atoms with van der Waals surface area (Å²) >= 11 is 0. The van der Waals surface area contributed by atoms with Crippen molar-refractivity contribution in [3.63, 3.8) is 0 Å². The molecule has 0 saturated carbocycles. The van der Waals surface area contributed by atoms with E-state index in [0.29, 0.717) is 12.1 Å². The summed E-state index contributed by atoms with van der Waals surface area (Å²) in [5.41, 5.74) is -0.235. The Kier molecular flexibility index (Phi) is 4.02. The minimum absolute atomic E-state index is 0.235. The number of hydrogen-bond donors (Lipinski definition) is 1. The van der Waals surface area contributed by atoms with Crippen LogP contribution >= 0.6 is 0 Å². The molecule has 0 radical (unpaired) electrons. The Morgan fingerprint density at radius 3 is 2.65 bits per heavy atom. The molecule has 1 heterocycles. The van der Waals surface area contributed by atoms with Crippen LogP contribution < -0.4 is 5.32 Å². The summed E-state index contributed by atoms with van der Waals surface area (Å²) in [5.74, 6) is -3.81. The van der Waals surface area contributed by atoms with Gasteiger partial charge in [0.25, 0.3) is 0 Å². The Morgan fingerprint density at radius 2 is 2.00 bits per heavy atom. The molecule has 8 heteroatoms. The number of benzene rings is 1. The fraction of sp³-hybridized carbons (Fsp3) is 0.250. The van der Waals surface area contributed by atoms with Crippen LogP contribution in [0.3, 0.4) is 0 Å². The van der Waals surface area contributed by atoms with Crippen molar-refractivity contribution in [1.29, 1.82) is 0 Å². The van der Waals surface area contributed by atoms with Gasteiger partial charge in [-0.2, -0.15) is 4.98 Å². The number of carbonyl (C=O) groups excluding carboxylic acids is 1. The van der Waals surface area contributed by atoms with Crippen LogP contribution in [0.25, 0.3) is 0 Å². The average Bonchev–Trinajstić information content (AvgIpc) is 2.89. The highest BCUT2D eigenvalue weighted by Crippen LogP contribution is 2.15. The van der Waals surface area contributed by atoms with E-state index in [-0.39, 0.29) is 11.4 Å². The number of halogens is 3. The quantitative estimate of drug-likeness (QED) is 0.871. The van der Waals surface area contributed by atoms with Crippen molar-refractivity contribution in [3.05, 3.63) is 47.4 Å². The summed E-state index contributed by atoms with van der Waals surface area (Å²) in [6.45, 7) is 1.60. The van der Waals surface area contributed by atoms with E-state index in [2.05, 4.69) is 20.0 Å². The van der Waals surface area contributed by atoms with Crippen LogP contribution in [-0.2, 0) is 11.2 Å². The molecule has 5 nitrogen and oxygen atoms in total. The minimum atomic E-state index is -1.30. The molecule has 0 aliphatic carbocycles. The normalized spacial score (nSPS) is 12.2. The van der Waals surface area contributed by atoms with Gasteiger partial charge >= 0.3 is 0 Å². The molecular formula is C12H10F3N3O2. The van der Waals surface area contributed by atoms with Gasteiger partial charge in [-0.3, -0.25) is 4.79 Å². The maximum absolute atomic E-state index is 13.4. The second-order valence-corrected chi connectivity index (χ2v) is 4.11. The van der Waals surface area contributed by atoms with Crippen LogP contribution in [0.1, 0.15) is 24.4 Å². The first-order chi connectivity index (χ1) is 9.47. The Labute approximate surface area is 111 Å². The van der Waals surface area contributed by atoms with Gasteiger partial charge in [0.2, 0.25) is 12.3 Å². The van der Waals surface area contributed by atoms with Crippen molar-refractivity contribution in [3.8, 4) is 0 Å². The van der Waals surface area contributed by atoms with Gasteiger partial charge in [0, 0.05) is 11.6 Å². The summed E-state index contributed by atoms with van der Waals surface area (Å²) in [4.78, 5) is 15.4. The predicted molar refractivity (Wildman–Crippen MR) is 60.9 cm³/mol. The molecule has 1 atom stereocenters. The molecule has 1 N–H and O–H groups in total. The zero-order valence-electron chi connectivity index (χ0n) is 10.4. The van der Waals surface area contributed by atoms with E-state index in [1.165, 1.54) is 0 Å². The third-order valence-corrected chi connectivity index (χ3v) is 2.58. The van der Waals surface area contributed by atoms with Crippen LogP contribution in [0.15, 0.2) is 23.0 Å². The molecule has 0 spiro atoms. The highest BCUT2D eigenvalue weighted by atomic mass is 19.2. The van der Waals surface area contributed by atoms with Gasteiger partial charge in [-0.1, -0.05) is 5.16 Å². The van der Waals surface area contributed by atoms with Crippen LogP contribution in [0.5, 0.6) is 0 Å². The fourth-order valence-electron chi connectivity index (χ4n) is 1.60. The second-order valence-electron chi connectivity index (χ2n) is 4.11. The first-order valence-electron chi connectivity index (χ1n) is 5.66. The van der Waals surface area contributed by atoms with E-state index >= 15 is 0 Å². The molecule has 1 amide bonds. The number of aromatic nitrogens is 2. The Morgan fingerprint density at radius 1 is 1.30 bits per heavy atom. The largest absolute Gasteiger partial charge is 0.346 e. The Hall–Kier alpha value is -2.38. The van der Waals surface area contributed by atoms with E-state index in [1.807, 2.05) is 0 Å². The molecule has 0 aliphatic heterocycles. The first kappa shape index (κ1) is 14.0. The van der Waals surface area contributed by atoms with Gasteiger partial charge in [0.1, 0.15) is 5.82 Å². The third kappa shape index (κ3) is 3.14. The molecule has 0 saturated heterocycles. The van der Waals surface area contributed by atoms with Crippen molar-refractivity contribution in [2.75, 3.05) is 0 Å². The summed E-state index contributed by atoms with van der Waals surface area (Å²) in [7, 11) is 0. The van der Waals surface area contributed by atoms with Gasteiger partial charge < -0.3 is 9.84 Å². The monoisotopic (exact) mass is 285 g/mol. The van der Waals surface area contributed by atoms with Crippen molar-refractivity contribution < 1.29 is 22.5 Å². The molecule has 2 aromatic rings. The minimum Gasteiger partial charge on any atom is -0.346 e. The maximum Gasteiger partial charge on any atom is 0.225 e. The lowest BCUT2D eigenvalue weighted by Crippen LogP contribution is -2.29. The first-order valence-corrected chi connectivity index (χ1v) is 5.66. The van der Waals surface area contributed by atoms with E-state index in [0.717, 1.165) is 6.39 Å². The number of nitrogens with zero attached hydrogens (tertiary/aromatic N) is 2. The lowest BCUT2D eigenvalue weighted by Gasteiger charge is -2.10. The van der Waals surface area contributed by atoms with Crippen LogP contribution in [0.2, 0.25) is 0 Å². The Bertz CT molecular complexity index is 617. The lowest BCUT2D eigenvalue weighted by molar-refractivity contribution is -0.121. The Balaban J connectivity index is 2.03. The van der Waals surface area contributed by atoms with Gasteiger partial charge in [-0.05, 0) is 13.0 Å². The molecule has 1 aromatic carbocycles. The van der Waals surface area contributed by atoms with Gasteiger partial charge in [-0.25, -0.2) is 13.2 Å². The fourth-order valence-corrected chi connectivity index (χ4v) is 1.60. The smallest absolute Gasteiger partial charge is 0.225 e. The number of amides is 1. The summed E-state index contributed by atoms with van der Waals surface area (Å²) in [5, 5.41) is 6.02. The van der Waals surface area contributed by atoms with Crippen LogP contribution in [0.4, 0.5) is 13.2 Å². The van der Waals surface area contributed by atoms with E-state index in [9.17, 15) is 18.0 Å². The van der Waals surface area contributed by atoms with E-state index < -0.39 is 35.8 Å². The van der Waals surface area contributed by atoms with Crippen LogP contribution in [-0.4, -0.2) is 16.0 Å². The SMILES string of the molecule is CC(NC(=O)Cc1cc(F)c(F)cc1F)c1ncon1. The summed E-state index contributed by atoms with van der Waals surface area (Å²) in [6.07, 6.45) is 0.679. The molecule has 106 valence electrons. The van der Waals surface area contributed by atoms with Crippen molar-refractivity contribution in [1.82, 2.24) is 15.5 Å². The maximum atomic E-state index is 13.4. The molecular weight excluding hydrogens is 275 g/mol. The van der Waals surface area contributed by atoms with Gasteiger partial charge in [0.15, 0.2) is 17.5 Å². The molecule has 0 fully saturated rings. The lowest BCUT2D eigenvalue weighted by atomic mass is 10.1. The number of nitrogens with one attached hydrogen (secondary N) is 1. The summed E-state index contributed by atoms with van der Waals surface area (Å²) < 4.78 is 43.6. The zero-order valence-corrected chi connectivity index (χ0v) is 10.4. The zero-order chi connectivity index (χ0) is 14.7. The van der Waals surface area contributed by atoms with E-state index in [4.69, 9.17) is 0 Å². The molecule has 1 unspecified atom stereocenters. The number of rotatable bonds is 4. The van der Waals surface area contributed by atoms with Crippen molar-refractivity contribution in [2.45, 2.75) is 19.4 Å². The molecule has 1 aromatic heterocycles. The van der Waals surface area contributed by atoms with E-state index in [1.54, 1.807) is 6.92 Å². The van der Waals surface area contributed by atoms with Crippen molar-refractivity contribution in [2.24, 2.45) is 0 Å². The molecule has 0 aliphatic rings. The highest BCUT2D eigenvalue weighted by Gasteiger charge is 2.17. The molecule has 20 heavy (non-hydrogen) atoms. The number of hydrogen-bond acceptors (Lipinski definition) is 4. The molecule has 2 rings (SSSR count). The second kappa shape index (κ2) is 5.72. The van der Waals surface area contributed by atoms with Crippen LogP contribution in [0, 0.1) is 17.5 Å². The van der Waals surface area contributed by atoms with Crippen molar-refractivity contribution >= 4 is 5.91 Å². The standard InChI is InChI=1S/C12H10F3N3O2/c1-6(12-16-5-20-18-12)17-11(19)3-7-2-9(14)10(15)4-8(7)13/h2,4-6H,3H2,1H3,(H,17,19). The summed E-state index contributed by atoms with van der Waals surface area (Å²) in [6, 6.07) is 0.513. The highest BCUT2D eigenvalue weighted by molar-refractivity contribution is 5.78. The molecule has 0 bridgehead atoms. The average molecular weight is 285 g/mol. The number of carbonyl (C=O) groups is 1. The third-order valence-electron chi connectivity index (χ3n) is 2.58. The van der Waals surface area contributed by atoms with Gasteiger partial charge in [-0.15, -0.1) is 0 Å². The topological polar surface area (TPSA) is 68.0 Å².